The number of carboxylic acids is 1. The molecule has 1 fully saturated rings. The summed E-state index contributed by atoms with van der Waals surface area (Å²) in [6.45, 7) is 7.46. The van der Waals surface area contributed by atoms with Gasteiger partial charge >= 0.3 is 5.97 Å². The van der Waals surface area contributed by atoms with Crippen LogP contribution in [0, 0.1) is 17.2 Å². The zero-order valence-corrected chi connectivity index (χ0v) is 19.5. The lowest BCUT2D eigenvalue weighted by Crippen LogP contribution is -2.39. The van der Waals surface area contributed by atoms with Crippen molar-refractivity contribution in [2.24, 2.45) is 5.92 Å². The van der Waals surface area contributed by atoms with Crippen molar-refractivity contribution in [1.82, 2.24) is 0 Å². The summed E-state index contributed by atoms with van der Waals surface area (Å²) in [6, 6.07) is 16.5. The van der Waals surface area contributed by atoms with Crippen LogP contribution < -0.4 is 10.2 Å². The van der Waals surface area contributed by atoms with Gasteiger partial charge in [-0.15, -0.1) is 0 Å². The standard InChI is InChI=1S/C27H35N3O2/c1-19(2)18-30(24-7-5-4-6-8-24)26-14-11-22(20(3)15-27(31)32)16-25(26)29-23-12-9-21(17-28)10-13-23/h9-14,16,19-20,24,29H,4-8,15,18H2,1-3H3,(H,31,32). The zero-order chi connectivity index (χ0) is 23.1. The summed E-state index contributed by atoms with van der Waals surface area (Å²) in [5.74, 6) is -0.326. The highest BCUT2D eigenvalue weighted by atomic mass is 16.4. The summed E-state index contributed by atoms with van der Waals surface area (Å²) in [4.78, 5) is 13.8. The third-order valence-electron chi connectivity index (χ3n) is 6.25. The van der Waals surface area contributed by atoms with Gasteiger partial charge in [0, 0.05) is 18.3 Å². The summed E-state index contributed by atoms with van der Waals surface area (Å²) >= 11 is 0. The quantitative estimate of drug-likeness (QED) is 0.461. The van der Waals surface area contributed by atoms with Gasteiger partial charge in [0.05, 0.1) is 29.4 Å². The Labute approximate surface area is 192 Å². The van der Waals surface area contributed by atoms with Gasteiger partial charge < -0.3 is 15.3 Å². The third kappa shape index (κ3) is 6.26. The number of benzene rings is 2. The summed E-state index contributed by atoms with van der Waals surface area (Å²) in [6.07, 6.45) is 6.37. The van der Waals surface area contributed by atoms with E-state index in [9.17, 15) is 9.90 Å². The van der Waals surface area contributed by atoms with Crippen LogP contribution in [0.2, 0.25) is 0 Å². The third-order valence-corrected chi connectivity index (χ3v) is 6.25. The lowest BCUT2D eigenvalue weighted by atomic mass is 9.92. The first-order chi connectivity index (χ1) is 15.4. The van der Waals surface area contributed by atoms with Crippen molar-refractivity contribution >= 4 is 23.0 Å². The van der Waals surface area contributed by atoms with Crippen LogP contribution in [0.5, 0.6) is 0 Å². The van der Waals surface area contributed by atoms with Crippen LogP contribution in [0.15, 0.2) is 42.5 Å². The van der Waals surface area contributed by atoms with E-state index in [1.807, 2.05) is 31.2 Å². The van der Waals surface area contributed by atoms with E-state index in [4.69, 9.17) is 5.26 Å². The molecule has 32 heavy (non-hydrogen) atoms. The molecule has 0 spiro atoms. The normalized spacial score (nSPS) is 15.2. The molecule has 0 radical (unpaired) electrons. The molecule has 0 saturated heterocycles. The predicted octanol–water partition coefficient (Wildman–Crippen LogP) is 6.68. The minimum absolute atomic E-state index is 0.0729. The number of anilines is 3. The smallest absolute Gasteiger partial charge is 0.303 e. The molecule has 2 aromatic rings. The molecular weight excluding hydrogens is 398 g/mol. The Kier molecular flexibility index (Phi) is 8.16. The van der Waals surface area contributed by atoms with Crippen LogP contribution in [0.25, 0.3) is 0 Å². The SMILES string of the molecule is CC(C)CN(c1ccc(C(C)CC(=O)O)cc1Nc1ccc(C#N)cc1)C1CCCCC1. The number of aliphatic carboxylic acids is 1. The second kappa shape index (κ2) is 11.0. The topological polar surface area (TPSA) is 76.4 Å². The molecule has 0 aliphatic heterocycles. The minimum atomic E-state index is -0.785. The molecule has 5 nitrogen and oxygen atoms in total. The molecular formula is C27H35N3O2. The van der Waals surface area contributed by atoms with Crippen LogP contribution in [0.4, 0.5) is 17.1 Å². The van der Waals surface area contributed by atoms with Crippen molar-refractivity contribution in [3.05, 3.63) is 53.6 Å². The van der Waals surface area contributed by atoms with Gasteiger partial charge in [-0.1, -0.05) is 46.1 Å². The average Bonchev–Trinajstić information content (AvgIpc) is 2.78. The van der Waals surface area contributed by atoms with E-state index < -0.39 is 5.97 Å². The number of carbonyl (C=O) groups is 1. The molecule has 1 aliphatic rings. The summed E-state index contributed by atoms with van der Waals surface area (Å²) in [5, 5.41) is 21.9. The van der Waals surface area contributed by atoms with Gasteiger partial charge in [0.15, 0.2) is 0 Å². The highest BCUT2D eigenvalue weighted by Gasteiger charge is 2.25. The van der Waals surface area contributed by atoms with Crippen molar-refractivity contribution in [3.8, 4) is 6.07 Å². The molecule has 0 bridgehead atoms. The Bertz CT molecular complexity index is 940. The maximum absolute atomic E-state index is 11.3. The second-order valence-electron chi connectivity index (χ2n) is 9.43. The molecule has 2 N–H and O–H groups in total. The van der Waals surface area contributed by atoms with Gasteiger partial charge in [-0.3, -0.25) is 4.79 Å². The number of rotatable bonds is 9. The number of hydrogen-bond acceptors (Lipinski definition) is 4. The molecule has 0 amide bonds. The van der Waals surface area contributed by atoms with Crippen molar-refractivity contribution < 1.29 is 9.90 Å². The molecule has 1 aliphatic carbocycles. The van der Waals surface area contributed by atoms with Crippen molar-refractivity contribution in [2.75, 3.05) is 16.8 Å². The number of nitrogens with one attached hydrogen (secondary N) is 1. The van der Waals surface area contributed by atoms with Gasteiger partial charge in [0.1, 0.15) is 0 Å². The fraction of sp³-hybridized carbons (Fsp3) is 0.481. The van der Waals surface area contributed by atoms with Crippen molar-refractivity contribution in [3.63, 3.8) is 0 Å². The van der Waals surface area contributed by atoms with Gasteiger partial charge in [-0.05, 0) is 66.6 Å². The lowest BCUT2D eigenvalue weighted by molar-refractivity contribution is -0.137. The molecule has 2 aromatic carbocycles. The number of nitrogens with zero attached hydrogens (tertiary/aromatic N) is 2. The Balaban J connectivity index is 2.00. The summed E-state index contributed by atoms with van der Waals surface area (Å²) in [5.41, 5.74) is 4.72. The highest BCUT2D eigenvalue weighted by molar-refractivity contribution is 5.77. The van der Waals surface area contributed by atoms with Gasteiger partial charge in [0.25, 0.3) is 0 Å². The van der Waals surface area contributed by atoms with Crippen LogP contribution in [-0.4, -0.2) is 23.7 Å². The first-order valence-electron chi connectivity index (χ1n) is 11.8. The first kappa shape index (κ1) is 23.7. The van der Waals surface area contributed by atoms with Crippen molar-refractivity contribution in [1.29, 1.82) is 5.26 Å². The maximum atomic E-state index is 11.3. The second-order valence-corrected chi connectivity index (χ2v) is 9.43. The van der Waals surface area contributed by atoms with Gasteiger partial charge in [-0.2, -0.15) is 5.26 Å². The molecule has 0 heterocycles. The number of hydrogen-bond donors (Lipinski definition) is 2. The van der Waals surface area contributed by atoms with E-state index in [2.05, 4.69) is 48.3 Å². The predicted molar refractivity (Wildman–Crippen MR) is 131 cm³/mol. The largest absolute Gasteiger partial charge is 0.481 e. The van der Waals surface area contributed by atoms with Crippen LogP contribution in [-0.2, 0) is 4.79 Å². The maximum Gasteiger partial charge on any atom is 0.303 e. The zero-order valence-electron chi connectivity index (χ0n) is 19.5. The Morgan fingerprint density at radius 3 is 2.41 bits per heavy atom. The number of carboxylic acid groups (broad SMARTS) is 1. The van der Waals surface area contributed by atoms with E-state index in [1.165, 1.54) is 37.8 Å². The van der Waals surface area contributed by atoms with Crippen LogP contribution >= 0.6 is 0 Å². The van der Waals surface area contributed by atoms with Gasteiger partial charge in [-0.25, -0.2) is 0 Å². The highest BCUT2D eigenvalue weighted by Crippen LogP contribution is 2.37. The fourth-order valence-electron chi connectivity index (χ4n) is 4.60. The Morgan fingerprint density at radius 2 is 1.81 bits per heavy atom. The minimum Gasteiger partial charge on any atom is -0.481 e. The van der Waals surface area contributed by atoms with E-state index in [0.29, 0.717) is 17.5 Å². The average molecular weight is 434 g/mol. The van der Waals surface area contributed by atoms with Crippen molar-refractivity contribution in [2.45, 2.75) is 71.3 Å². The van der Waals surface area contributed by atoms with Crippen LogP contribution in [0.3, 0.4) is 0 Å². The Hall–Kier alpha value is -3.00. The van der Waals surface area contributed by atoms with E-state index in [0.717, 1.165) is 23.5 Å². The van der Waals surface area contributed by atoms with E-state index in [-0.39, 0.29) is 12.3 Å². The molecule has 0 aromatic heterocycles. The Morgan fingerprint density at radius 1 is 1.12 bits per heavy atom. The monoisotopic (exact) mass is 433 g/mol. The van der Waals surface area contributed by atoms with Gasteiger partial charge in [0.2, 0.25) is 0 Å². The first-order valence-corrected chi connectivity index (χ1v) is 11.8. The van der Waals surface area contributed by atoms with E-state index >= 15 is 0 Å². The van der Waals surface area contributed by atoms with E-state index in [1.54, 1.807) is 0 Å². The molecule has 1 atom stereocenters. The van der Waals surface area contributed by atoms with Crippen LogP contribution in [0.1, 0.15) is 76.3 Å². The molecule has 170 valence electrons. The fourth-order valence-corrected chi connectivity index (χ4v) is 4.60. The molecule has 3 rings (SSSR count). The lowest BCUT2D eigenvalue weighted by Gasteiger charge is -2.38. The molecule has 1 saturated carbocycles. The summed E-state index contributed by atoms with van der Waals surface area (Å²) < 4.78 is 0. The molecule has 1 unspecified atom stereocenters. The molecule has 5 heteroatoms. The summed E-state index contributed by atoms with van der Waals surface area (Å²) in [7, 11) is 0. The number of nitriles is 1.